The van der Waals surface area contributed by atoms with Crippen LogP contribution in [0.2, 0.25) is 0 Å². The van der Waals surface area contributed by atoms with Gasteiger partial charge in [-0.15, -0.1) is 5.10 Å². The molecule has 0 aliphatic carbocycles. The van der Waals surface area contributed by atoms with Crippen molar-refractivity contribution in [2.24, 2.45) is 0 Å². The zero-order chi connectivity index (χ0) is 13.9. The SMILES string of the molecule is Cc1cccc(-n2nnnc2SCc2cc(C)on2)c1. The van der Waals surface area contributed by atoms with Crippen molar-refractivity contribution in [3.63, 3.8) is 0 Å². The predicted octanol–water partition coefficient (Wildman–Crippen LogP) is 2.56. The maximum atomic E-state index is 5.04. The molecule has 0 saturated carbocycles. The van der Waals surface area contributed by atoms with Crippen molar-refractivity contribution in [2.75, 3.05) is 0 Å². The molecule has 0 atom stereocenters. The third-order valence-corrected chi connectivity index (χ3v) is 3.67. The summed E-state index contributed by atoms with van der Waals surface area (Å²) in [5.41, 5.74) is 3.00. The Morgan fingerprint density at radius 1 is 1.25 bits per heavy atom. The number of hydrogen-bond donors (Lipinski definition) is 0. The second kappa shape index (κ2) is 5.46. The van der Waals surface area contributed by atoms with Crippen LogP contribution in [0.1, 0.15) is 17.0 Å². The quantitative estimate of drug-likeness (QED) is 0.687. The van der Waals surface area contributed by atoms with Gasteiger partial charge in [0.2, 0.25) is 5.16 Å². The van der Waals surface area contributed by atoms with Crippen molar-refractivity contribution in [1.29, 1.82) is 0 Å². The van der Waals surface area contributed by atoms with Crippen LogP contribution < -0.4 is 0 Å². The second-order valence-corrected chi connectivity index (χ2v) is 5.37. The van der Waals surface area contributed by atoms with Gasteiger partial charge in [-0.25, -0.2) is 0 Å². The average Bonchev–Trinajstić information content (AvgIpc) is 3.05. The highest BCUT2D eigenvalue weighted by Gasteiger charge is 2.10. The van der Waals surface area contributed by atoms with Gasteiger partial charge < -0.3 is 4.52 Å². The monoisotopic (exact) mass is 287 g/mol. The van der Waals surface area contributed by atoms with Crippen LogP contribution in [0.5, 0.6) is 0 Å². The van der Waals surface area contributed by atoms with Crippen LogP contribution in [0.25, 0.3) is 5.69 Å². The van der Waals surface area contributed by atoms with E-state index in [1.54, 1.807) is 4.68 Å². The number of tetrazole rings is 1. The molecule has 2 heterocycles. The Morgan fingerprint density at radius 3 is 2.90 bits per heavy atom. The van der Waals surface area contributed by atoms with Crippen molar-refractivity contribution in [3.05, 3.63) is 47.3 Å². The van der Waals surface area contributed by atoms with E-state index in [1.807, 2.05) is 44.2 Å². The van der Waals surface area contributed by atoms with Gasteiger partial charge >= 0.3 is 0 Å². The Morgan fingerprint density at radius 2 is 2.15 bits per heavy atom. The molecule has 0 amide bonds. The summed E-state index contributed by atoms with van der Waals surface area (Å²) in [7, 11) is 0. The van der Waals surface area contributed by atoms with Gasteiger partial charge in [-0.3, -0.25) is 0 Å². The largest absolute Gasteiger partial charge is 0.361 e. The summed E-state index contributed by atoms with van der Waals surface area (Å²) < 4.78 is 6.77. The maximum Gasteiger partial charge on any atom is 0.214 e. The van der Waals surface area contributed by atoms with Crippen molar-refractivity contribution >= 4 is 11.8 Å². The Balaban J connectivity index is 1.80. The van der Waals surface area contributed by atoms with Crippen molar-refractivity contribution in [2.45, 2.75) is 24.8 Å². The van der Waals surface area contributed by atoms with E-state index in [0.29, 0.717) is 5.75 Å². The molecule has 3 aromatic rings. The number of benzene rings is 1. The molecule has 0 aliphatic rings. The number of aryl methyl sites for hydroxylation is 2. The van der Waals surface area contributed by atoms with Gasteiger partial charge in [-0.1, -0.05) is 29.1 Å². The van der Waals surface area contributed by atoms with E-state index < -0.39 is 0 Å². The molecule has 0 spiro atoms. The van der Waals surface area contributed by atoms with Crippen molar-refractivity contribution in [1.82, 2.24) is 25.4 Å². The molecule has 0 unspecified atom stereocenters. The zero-order valence-electron chi connectivity index (χ0n) is 11.1. The van der Waals surface area contributed by atoms with E-state index in [9.17, 15) is 0 Å². The lowest BCUT2D eigenvalue weighted by molar-refractivity contribution is 0.393. The van der Waals surface area contributed by atoms with Crippen LogP contribution in [0.4, 0.5) is 0 Å². The summed E-state index contributed by atoms with van der Waals surface area (Å²) in [6.45, 7) is 3.91. The summed E-state index contributed by atoms with van der Waals surface area (Å²) in [4.78, 5) is 0. The lowest BCUT2D eigenvalue weighted by Gasteiger charge is -2.04. The minimum atomic E-state index is 0.670. The normalized spacial score (nSPS) is 10.9. The van der Waals surface area contributed by atoms with Crippen LogP contribution in [-0.4, -0.2) is 25.4 Å². The Bertz CT molecular complexity index is 721. The summed E-state index contributed by atoms with van der Waals surface area (Å²) >= 11 is 1.53. The molecule has 0 radical (unpaired) electrons. The second-order valence-electron chi connectivity index (χ2n) is 4.43. The summed E-state index contributed by atoms with van der Waals surface area (Å²) in [6, 6.07) is 9.96. The molecule has 0 fully saturated rings. The molecule has 102 valence electrons. The van der Waals surface area contributed by atoms with Crippen molar-refractivity contribution in [3.8, 4) is 5.69 Å². The van der Waals surface area contributed by atoms with E-state index in [-0.39, 0.29) is 0 Å². The summed E-state index contributed by atoms with van der Waals surface area (Å²) in [5, 5.41) is 16.5. The van der Waals surface area contributed by atoms with Gasteiger partial charge in [0.15, 0.2) is 0 Å². The number of aromatic nitrogens is 5. The molecular weight excluding hydrogens is 274 g/mol. The topological polar surface area (TPSA) is 69.6 Å². The Kier molecular flexibility index (Phi) is 3.51. The first-order valence-corrected chi connectivity index (χ1v) is 7.11. The maximum absolute atomic E-state index is 5.04. The standard InChI is InChI=1S/C13H13N5OS/c1-9-4-3-5-12(6-9)18-13(14-16-17-18)20-8-11-7-10(2)19-15-11/h3-7H,8H2,1-2H3. The third kappa shape index (κ3) is 2.72. The molecule has 1 aromatic carbocycles. The van der Waals surface area contributed by atoms with Crippen LogP contribution in [0.3, 0.4) is 0 Å². The van der Waals surface area contributed by atoms with Gasteiger partial charge in [0, 0.05) is 11.8 Å². The molecule has 3 rings (SSSR count). The fourth-order valence-electron chi connectivity index (χ4n) is 1.82. The van der Waals surface area contributed by atoms with Gasteiger partial charge in [0.25, 0.3) is 0 Å². The Labute approximate surface area is 120 Å². The lowest BCUT2D eigenvalue weighted by Crippen LogP contribution is -1.99. The molecule has 2 aromatic heterocycles. The Hall–Kier alpha value is -2.15. The first kappa shape index (κ1) is 12.9. The average molecular weight is 287 g/mol. The van der Waals surface area contributed by atoms with E-state index in [2.05, 4.69) is 20.7 Å². The third-order valence-electron chi connectivity index (χ3n) is 2.71. The molecule has 0 N–H and O–H groups in total. The molecule has 7 heteroatoms. The highest BCUT2D eigenvalue weighted by Crippen LogP contribution is 2.22. The van der Waals surface area contributed by atoms with Gasteiger partial charge in [0.05, 0.1) is 11.4 Å². The fourth-order valence-corrected chi connectivity index (χ4v) is 2.59. The first-order valence-electron chi connectivity index (χ1n) is 6.13. The number of nitrogens with zero attached hydrogens (tertiary/aromatic N) is 5. The summed E-state index contributed by atoms with van der Waals surface area (Å²) in [5.74, 6) is 1.47. The van der Waals surface area contributed by atoms with Crippen LogP contribution >= 0.6 is 11.8 Å². The van der Waals surface area contributed by atoms with E-state index in [0.717, 1.165) is 22.3 Å². The number of hydrogen-bond acceptors (Lipinski definition) is 6. The highest BCUT2D eigenvalue weighted by molar-refractivity contribution is 7.98. The minimum Gasteiger partial charge on any atom is -0.361 e. The van der Waals surface area contributed by atoms with Crippen molar-refractivity contribution < 1.29 is 4.52 Å². The smallest absolute Gasteiger partial charge is 0.214 e. The van der Waals surface area contributed by atoms with Crippen LogP contribution in [0.15, 0.2) is 40.0 Å². The van der Waals surface area contributed by atoms with E-state index >= 15 is 0 Å². The summed E-state index contributed by atoms with van der Waals surface area (Å²) in [6.07, 6.45) is 0. The molecule has 0 saturated heterocycles. The predicted molar refractivity (Wildman–Crippen MR) is 74.7 cm³/mol. The lowest BCUT2D eigenvalue weighted by atomic mass is 10.2. The molecule has 0 aliphatic heterocycles. The zero-order valence-corrected chi connectivity index (χ0v) is 12.0. The van der Waals surface area contributed by atoms with Gasteiger partial charge in [-0.2, -0.15) is 4.68 Å². The molecular formula is C13H13N5OS. The van der Waals surface area contributed by atoms with Gasteiger partial charge in [-0.05, 0) is 42.0 Å². The fraction of sp³-hybridized carbons (Fsp3) is 0.231. The number of rotatable bonds is 4. The highest BCUT2D eigenvalue weighted by atomic mass is 32.2. The minimum absolute atomic E-state index is 0.670. The van der Waals surface area contributed by atoms with Gasteiger partial charge in [0.1, 0.15) is 5.76 Å². The molecule has 0 bridgehead atoms. The van der Waals surface area contributed by atoms with E-state index in [1.165, 1.54) is 17.3 Å². The number of thioether (sulfide) groups is 1. The van der Waals surface area contributed by atoms with Crippen LogP contribution in [0, 0.1) is 13.8 Å². The first-order chi connectivity index (χ1) is 9.72. The molecule has 20 heavy (non-hydrogen) atoms. The van der Waals surface area contributed by atoms with E-state index in [4.69, 9.17) is 4.52 Å². The molecule has 6 nitrogen and oxygen atoms in total. The van der Waals surface area contributed by atoms with Crippen LogP contribution in [-0.2, 0) is 5.75 Å².